The van der Waals surface area contributed by atoms with Crippen molar-refractivity contribution >= 4 is 5.78 Å². The van der Waals surface area contributed by atoms with Crippen molar-refractivity contribution in [1.29, 1.82) is 0 Å². The van der Waals surface area contributed by atoms with Gasteiger partial charge < -0.3 is 10.8 Å². The first-order valence-electron chi connectivity index (χ1n) is 10.4. The molecule has 4 aliphatic carbocycles. The summed E-state index contributed by atoms with van der Waals surface area (Å²) in [7, 11) is 0. The van der Waals surface area contributed by atoms with E-state index in [1.165, 1.54) is 37.7 Å². The third-order valence-electron chi connectivity index (χ3n) is 9.11. The first kappa shape index (κ1) is 17.7. The molecule has 140 valence electrons. The topological polar surface area (TPSA) is 63.3 Å². The van der Waals surface area contributed by atoms with Gasteiger partial charge in [-0.2, -0.15) is 0 Å². The highest BCUT2D eigenvalue weighted by Crippen LogP contribution is 2.67. The van der Waals surface area contributed by atoms with Gasteiger partial charge >= 0.3 is 0 Å². The zero-order chi connectivity index (χ0) is 18.0. The van der Waals surface area contributed by atoms with Gasteiger partial charge in [-0.3, -0.25) is 4.79 Å². The molecule has 25 heavy (non-hydrogen) atoms. The van der Waals surface area contributed by atoms with Crippen LogP contribution in [0.2, 0.25) is 0 Å². The molecule has 0 aromatic carbocycles. The van der Waals surface area contributed by atoms with Crippen LogP contribution in [0, 0.1) is 40.4 Å². The van der Waals surface area contributed by atoms with E-state index >= 15 is 0 Å². The second-order valence-corrected chi connectivity index (χ2v) is 10.1. The molecule has 3 nitrogen and oxygen atoms in total. The lowest BCUT2D eigenvalue weighted by Crippen LogP contribution is -2.53. The number of hydrogen-bond donors (Lipinski definition) is 2. The molecule has 3 heteroatoms. The van der Waals surface area contributed by atoms with E-state index in [0.717, 1.165) is 24.7 Å². The van der Waals surface area contributed by atoms with Crippen LogP contribution in [0.5, 0.6) is 0 Å². The van der Waals surface area contributed by atoms with Crippen LogP contribution in [-0.2, 0) is 4.79 Å². The third-order valence-corrected chi connectivity index (χ3v) is 9.11. The molecule has 0 aromatic rings. The van der Waals surface area contributed by atoms with Crippen molar-refractivity contribution in [2.45, 2.75) is 71.8 Å². The van der Waals surface area contributed by atoms with E-state index in [4.69, 9.17) is 5.73 Å². The Bertz CT molecular complexity index is 599. The van der Waals surface area contributed by atoms with Crippen molar-refractivity contribution in [3.05, 3.63) is 11.6 Å². The third kappa shape index (κ3) is 2.41. The fourth-order valence-electron chi connectivity index (χ4n) is 7.79. The number of allylic oxidation sites excluding steroid dienone is 1. The molecule has 0 aromatic heterocycles. The Balaban J connectivity index is 1.64. The van der Waals surface area contributed by atoms with Crippen LogP contribution in [0.25, 0.3) is 0 Å². The Morgan fingerprint density at radius 2 is 2.00 bits per heavy atom. The summed E-state index contributed by atoms with van der Waals surface area (Å²) >= 11 is 0. The highest BCUT2D eigenvalue weighted by molar-refractivity contribution is 5.96. The summed E-state index contributed by atoms with van der Waals surface area (Å²) in [5.41, 5.74) is 8.11. The smallest absolute Gasteiger partial charge is 0.172 e. The van der Waals surface area contributed by atoms with Crippen LogP contribution >= 0.6 is 0 Å². The van der Waals surface area contributed by atoms with Crippen molar-refractivity contribution < 1.29 is 9.90 Å². The Morgan fingerprint density at radius 1 is 1.24 bits per heavy atom. The number of fused-ring (bicyclic) bond motifs is 5. The molecule has 4 rings (SSSR count). The van der Waals surface area contributed by atoms with Gasteiger partial charge in [-0.05, 0) is 91.4 Å². The summed E-state index contributed by atoms with van der Waals surface area (Å²) < 4.78 is 0. The molecule has 0 radical (unpaired) electrons. The first-order chi connectivity index (χ1) is 11.8. The SMILES string of the molecule is CC(CO)[C@H]1CC[C@H]2[C@@H]3CCC4=CC(=O)C(N)C[C@]4(C)[C@H]3CC[C@]12C. The maximum atomic E-state index is 12.1. The Kier molecular flexibility index (Phi) is 4.20. The van der Waals surface area contributed by atoms with Crippen LogP contribution in [0.4, 0.5) is 0 Å². The maximum Gasteiger partial charge on any atom is 0.172 e. The Labute approximate surface area is 152 Å². The number of hydrogen-bond acceptors (Lipinski definition) is 3. The average molecular weight is 346 g/mol. The van der Waals surface area contributed by atoms with E-state index < -0.39 is 0 Å². The van der Waals surface area contributed by atoms with Crippen LogP contribution in [0.3, 0.4) is 0 Å². The maximum absolute atomic E-state index is 12.1. The minimum Gasteiger partial charge on any atom is -0.396 e. The van der Waals surface area contributed by atoms with Gasteiger partial charge in [-0.25, -0.2) is 0 Å². The molecule has 2 unspecified atom stereocenters. The van der Waals surface area contributed by atoms with Gasteiger partial charge in [0.25, 0.3) is 0 Å². The van der Waals surface area contributed by atoms with Crippen molar-refractivity contribution in [3.63, 3.8) is 0 Å². The molecular weight excluding hydrogens is 310 g/mol. The Morgan fingerprint density at radius 3 is 2.72 bits per heavy atom. The molecule has 4 aliphatic rings. The lowest BCUT2D eigenvalue weighted by molar-refractivity contribution is -0.119. The molecule has 3 saturated carbocycles. The fraction of sp³-hybridized carbons (Fsp3) is 0.864. The van der Waals surface area contributed by atoms with Gasteiger partial charge in [-0.1, -0.05) is 26.3 Å². The molecule has 3 N–H and O–H groups in total. The molecular formula is C22H35NO2. The second kappa shape index (κ2) is 5.92. The lowest BCUT2D eigenvalue weighted by atomic mass is 9.46. The van der Waals surface area contributed by atoms with Gasteiger partial charge in [0.05, 0.1) is 6.04 Å². The summed E-state index contributed by atoms with van der Waals surface area (Å²) in [4.78, 5) is 12.1. The second-order valence-electron chi connectivity index (χ2n) is 10.1. The number of aliphatic hydroxyl groups excluding tert-OH is 1. The van der Waals surface area contributed by atoms with Gasteiger partial charge in [0.15, 0.2) is 5.78 Å². The van der Waals surface area contributed by atoms with Crippen LogP contribution in [0.1, 0.15) is 65.7 Å². The van der Waals surface area contributed by atoms with Crippen molar-refractivity contribution in [2.75, 3.05) is 6.61 Å². The first-order valence-corrected chi connectivity index (χ1v) is 10.4. The minimum absolute atomic E-state index is 0.137. The van der Waals surface area contributed by atoms with E-state index in [1.54, 1.807) is 0 Å². The van der Waals surface area contributed by atoms with Crippen LogP contribution in [0.15, 0.2) is 11.6 Å². The summed E-state index contributed by atoms with van der Waals surface area (Å²) in [5.74, 6) is 3.48. The predicted octanol–water partition coefficient (Wildman–Crippen LogP) is 3.70. The molecule has 0 saturated heterocycles. The predicted molar refractivity (Wildman–Crippen MR) is 99.8 cm³/mol. The summed E-state index contributed by atoms with van der Waals surface area (Å²) in [6, 6.07) is -0.299. The number of ketones is 1. The average Bonchev–Trinajstić information content (AvgIpc) is 2.93. The molecule has 0 heterocycles. The van der Waals surface area contributed by atoms with Gasteiger partial charge in [0, 0.05) is 6.61 Å². The zero-order valence-corrected chi connectivity index (χ0v) is 16.1. The molecule has 0 bridgehead atoms. The lowest BCUT2D eigenvalue weighted by Gasteiger charge is -2.59. The molecule has 0 aliphatic heterocycles. The Hall–Kier alpha value is -0.670. The zero-order valence-electron chi connectivity index (χ0n) is 16.1. The van der Waals surface area contributed by atoms with Crippen molar-refractivity contribution in [3.8, 4) is 0 Å². The molecule has 3 fully saturated rings. The number of carbonyl (C=O) groups is 1. The molecule has 0 spiro atoms. The van der Waals surface area contributed by atoms with Crippen molar-refractivity contribution in [1.82, 2.24) is 0 Å². The van der Waals surface area contributed by atoms with E-state index in [9.17, 15) is 9.90 Å². The van der Waals surface area contributed by atoms with E-state index in [2.05, 4.69) is 20.8 Å². The van der Waals surface area contributed by atoms with Crippen LogP contribution in [-0.4, -0.2) is 23.5 Å². The molecule has 8 atom stereocenters. The number of rotatable bonds is 2. The van der Waals surface area contributed by atoms with E-state index in [-0.39, 0.29) is 17.2 Å². The summed E-state index contributed by atoms with van der Waals surface area (Å²) in [6.07, 6.45) is 10.2. The quantitative estimate of drug-likeness (QED) is 0.802. The number of nitrogens with two attached hydrogens (primary N) is 1. The van der Waals surface area contributed by atoms with Crippen molar-refractivity contribution in [2.24, 2.45) is 46.2 Å². The van der Waals surface area contributed by atoms with Gasteiger partial charge in [0.1, 0.15) is 0 Å². The summed E-state index contributed by atoms with van der Waals surface area (Å²) in [6.45, 7) is 7.47. The fourth-order valence-corrected chi connectivity index (χ4v) is 7.79. The van der Waals surface area contributed by atoms with E-state index in [0.29, 0.717) is 29.8 Å². The van der Waals surface area contributed by atoms with Crippen LogP contribution < -0.4 is 5.73 Å². The minimum atomic E-state index is -0.299. The number of carbonyl (C=O) groups excluding carboxylic acids is 1. The normalized spacial score (nSPS) is 50.5. The number of aliphatic hydroxyl groups is 1. The molecule has 0 amide bonds. The largest absolute Gasteiger partial charge is 0.396 e. The highest BCUT2D eigenvalue weighted by atomic mass is 16.3. The standard InChI is InChI=1S/C22H35NO2/c1-13(12-24)16-6-7-17-15-5-4-14-10-20(25)19(23)11-22(14,3)18(15)8-9-21(16,17)2/h10,13,15-19,24H,4-9,11-12,23H2,1-3H3/t13?,15-,16+,17-,18-,19?,21+,22-/m0/s1. The highest BCUT2D eigenvalue weighted by Gasteiger charge is 2.59. The van der Waals surface area contributed by atoms with Gasteiger partial charge in [0.2, 0.25) is 0 Å². The van der Waals surface area contributed by atoms with E-state index in [1.807, 2.05) is 6.08 Å². The van der Waals surface area contributed by atoms with Gasteiger partial charge in [-0.15, -0.1) is 0 Å². The summed E-state index contributed by atoms with van der Waals surface area (Å²) in [5, 5.41) is 9.73. The monoisotopic (exact) mass is 345 g/mol.